The van der Waals surface area contributed by atoms with Crippen LogP contribution >= 0.6 is 0 Å². The van der Waals surface area contributed by atoms with Gasteiger partial charge in [-0.25, -0.2) is 8.42 Å². The van der Waals surface area contributed by atoms with Gasteiger partial charge in [-0.15, -0.1) is 0 Å². The van der Waals surface area contributed by atoms with E-state index in [0.29, 0.717) is 17.9 Å². The number of anilines is 1. The maximum atomic E-state index is 11.4. The molecule has 0 unspecified atom stereocenters. The van der Waals surface area contributed by atoms with Crippen LogP contribution in [0.3, 0.4) is 0 Å². The molecule has 0 heterocycles. The van der Waals surface area contributed by atoms with Crippen LogP contribution in [0.2, 0.25) is 0 Å². The molecule has 26 heavy (non-hydrogen) atoms. The maximum Gasteiger partial charge on any atom is 0.272 e. The third kappa shape index (κ3) is 5.19. The van der Waals surface area contributed by atoms with Gasteiger partial charge in [0.15, 0.2) is 9.84 Å². The van der Waals surface area contributed by atoms with Crippen molar-refractivity contribution >= 4 is 21.2 Å². The number of aryl methyl sites for hydroxylation is 1. The average Bonchev–Trinajstić information content (AvgIpc) is 2.57. The molecule has 0 aliphatic rings. The molecule has 0 radical (unpaired) electrons. The van der Waals surface area contributed by atoms with Gasteiger partial charge in [-0.1, -0.05) is 0 Å². The zero-order valence-corrected chi connectivity index (χ0v) is 15.8. The fourth-order valence-corrected chi connectivity index (χ4v) is 3.12. The minimum Gasteiger partial charge on any atom is -0.494 e. The molecular weight excluding hydrogens is 356 g/mol. The summed E-state index contributed by atoms with van der Waals surface area (Å²) in [5.41, 5.74) is 1.65. The summed E-state index contributed by atoms with van der Waals surface area (Å²) in [6.45, 7) is 2.92. The molecule has 0 amide bonds. The highest BCUT2D eigenvalue weighted by Gasteiger charge is 2.12. The van der Waals surface area contributed by atoms with Crippen molar-refractivity contribution in [2.45, 2.75) is 18.2 Å². The molecule has 0 atom stereocenters. The molecule has 0 aliphatic carbocycles. The SMILES string of the molecule is Cc1cc(N(C)CCCOc2ccc(S(C)(=O)=O)cc2)ccc1[N+](=O)[O-]. The zero-order chi connectivity index (χ0) is 19.3. The average molecular weight is 378 g/mol. The topological polar surface area (TPSA) is 89.8 Å². The number of nitro benzene ring substituents is 1. The molecule has 0 saturated heterocycles. The first kappa shape index (κ1) is 19.7. The molecule has 2 aromatic rings. The predicted octanol–water partition coefficient (Wildman–Crippen LogP) is 3.21. The van der Waals surface area contributed by atoms with Crippen LogP contribution in [-0.4, -0.2) is 39.8 Å². The van der Waals surface area contributed by atoms with Crippen molar-refractivity contribution in [1.29, 1.82) is 0 Å². The summed E-state index contributed by atoms with van der Waals surface area (Å²) >= 11 is 0. The minimum atomic E-state index is -3.20. The van der Waals surface area contributed by atoms with E-state index in [4.69, 9.17) is 4.74 Å². The lowest BCUT2D eigenvalue weighted by molar-refractivity contribution is -0.385. The van der Waals surface area contributed by atoms with Gasteiger partial charge in [0.1, 0.15) is 5.75 Å². The Morgan fingerprint density at radius 3 is 2.35 bits per heavy atom. The van der Waals surface area contributed by atoms with Gasteiger partial charge in [0.05, 0.1) is 16.4 Å². The molecule has 0 bridgehead atoms. The Labute approximate surface area is 153 Å². The number of hydrogen-bond donors (Lipinski definition) is 0. The largest absolute Gasteiger partial charge is 0.494 e. The van der Waals surface area contributed by atoms with E-state index in [0.717, 1.165) is 18.7 Å². The van der Waals surface area contributed by atoms with Gasteiger partial charge in [-0.2, -0.15) is 0 Å². The van der Waals surface area contributed by atoms with Crippen LogP contribution in [0.25, 0.3) is 0 Å². The van der Waals surface area contributed by atoms with Gasteiger partial charge in [0.2, 0.25) is 0 Å². The van der Waals surface area contributed by atoms with Crippen LogP contribution in [0.1, 0.15) is 12.0 Å². The summed E-state index contributed by atoms with van der Waals surface area (Å²) in [6.07, 6.45) is 1.92. The maximum absolute atomic E-state index is 11.4. The second kappa shape index (κ2) is 8.18. The number of rotatable bonds is 8. The van der Waals surface area contributed by atoms with Crippen molar-refractivity contribution in [2.75, 3.05) is 31.4 Å². The summed E-state index contributed by atoms with van der Waals surface area (Å²) in [7, 11) is -1.28. The van der Waals surface area contributed by atoms with E-state index in [9.17, 15) is 18.5 Å². The third-order valence-corrected chi connectivity index (χ3v) is 5.10. The lowest BCUT2D eigenvalue weighted by Crippen LogP contribution is -2.20. The molecule has 0 fully saturated rings. The van der Waals surface area contributed by atoms with Crippen molar-refractivity contribution in [3.8, 4) is 5.75 Å². The lowest BCUT2D eigenvalue weighted by Gasteiger charge is -2.19. The highest BCUT2D eigenvalue weighted by Crippen LogP contribution is 2.23. The molecule has 7 nitrogen and oxygen atoms in total. The molecular formula is C18H22N2O5S. The quantitative estimate of drug-likeness (QED) is 0.398. The summed E-state index contributed by atoms with van der Waals surface area (Å²) in [5, 5.41) is 10.9. The molecule has 8 heteroatoms. The fourth-order valence-electron chi connectivity index (χ4n) is 2.49. The Hall–Kier alpha value is -2.61. The monoisotopic (exact) mass is 378 g/mol. The van der Waals surface area contributed by atoms with Gasteiger partial charge in [0, 0.05) is 37.2 Å². The molecule has 0 spiro atoms. The first-order valence-corrected chi connectivity index (χ1v) is 9.97. The van der Waals surface area contributed by atoms with Crippen molar-refractivity contribution in [2.24, 2.45) is 0 Å². The Balaban J connectivity index is 1.84. The zero-order valence-electron chi connectivity index (χ0n) is 15.0. The molecule has 0 N–H and O–H groups in total. The molecule has 0 aliphatic heterocycles. The smallest absolute Gasteiger partial charge is 0.272 e. The minimum absolute atomic E-state index is 0.114. The fraction of sp³-hybridized carbons (Fsp3) is 0.333. The third-order valence-electron chi connectivity index (χ3n) is 3.98. The first-order valence-electron chi connectivity index (χ1n) is 8.07. The molecule has 0 aromatic heterocycles. The number of benzene rings is 2. The van der Waals surface area contributed by atoms with E-state index < -0.39 is 9.84 Å². The molecule has 140 valence electrons. The number of ether oxygens (including phenoxy) is 1. The van der Waals surface area contributed by atoms with E-state index >= 15 is 0 Å². The highest BCUT2D eigenvalue weighted by atomic mass is 32.2. The summed E-state index contributed by atoms with van der Waals surface area (Å²) in [5.74, 6) is 0.617. The predicted molar refractivity (Wildman–Crippen MR) is 101 cm³/mol. The standard InChI is InChI=1S/C18H22N2O5S/c1-14-13-15(5-10-18(14)20(21)22)19(2)11-4-12-25-16-6-8-17(9-7-16)26(3,23)24/h5-10,13H,4,11-12H2,1-3H3. The van der Waals surface area contributed by atoms with E-state index in [1.807, 2.05) is 11.9 Å². The second-order valence-electron chi connectivity index (χ2n) is 6.10. The first-order chi connectivity index (χ1) is 12.2. The number of sulfone groups is 1. The molecule has 0 saturated carbocycles. The van der Waals surface area contributed by atoms with Gasteiger partial charge < -0.3 is 9.64 Å². The van der Waals surface area contributed by atoms with Gasteiger partial charge in [-0.05, 0) is 49.7 Å². The normalized spacial score (nSPS) is 11.2. The van der Waals surface area contributed by atoms with Gasteiger partial charge in [0.25, 0.3) is 5.69 Å². The lowest BCUT2D eigenvalue weighted by atomic mass is 10.1. The number of hydrogen-bond acceptors (Lipinski definition) is 6. The number of nitrogens with zero attached hydrogens (tertiary/aromatic N) is 2. The summed E-state index contributed by atoms with van der Waals surface area (Å²) < 4.78 is 28.4. The van der Waals surface area contributed by atoms with Crippen LogP contribution in [0.5, 0.6) is 5.75 Å². The molecule has 2 rings (SSSR count). The van der Waals surface area contributed by atoms with E-state index in [2.05, 4.69) is 0 Å². The van der Waals surface area contributed by atoms with E-state index in [-0.39, 0.29) is 15.5 Å². The van der Waals surface area contributed by atoms with Crippen LogP contribution in [0, 0.1) is 17.0 Å². The van der Waals surface area contributed by atoms with Crippen molar-refractivity contribution in [1.82, 2.24) is 0 Å². The van der Waals surface area contributed by atoms with Crippen LogP contribution < -0.4 is 9.64 Å². The van der Waals surface area contributed by atoms with E-state index in [1.54, 1.807) is 31.2 Å². The number of nitro groups is 1. The van der Waals surface area contributed by atoms with Crippen molar-refractivity contribution < 1.29 is 18.1 Å². The highest BCUT2D eigenvalue weighted by molar-refractivity contribution is 7.90. The van der Waals surface area contributed by atoms with Gasteiger partial charge >= 0.3 is 0 Å². The van der Waals surface area contributed by atoms with Gasteiger partial charge in [-0.3, -0.25) is 10.1 Å². The second-order valence-corrected chi connectivity index (χ2v) is 8.11. The van der Waals surface area contributed by atoms with E-state index in [1.165, 1.54) is 24.5 Å². The Morgan fingerprint density at radius 1 is 1.15 bits per heavy atom. The Bertz CT molecular complexity index is 879. The van der Waals surface area contributed by atoms with Crippen molar-refractivity contribution in [3.05, 3.63) is 58.1 Å². The summed E-state index contributed by atoms with van der Waals surface area (Å²) in [4.78, 5) is 12.7. The Kier molecular flexibility index (Phi) is 6.20. The molecule has 2 aromatic carbocycles. The summed E-state index contributed by atoms with van der Waals surface area (Å²) in [6, 6.07) is 11.4. The van der Waals surface area contributed by atoms with Crippen LogP contribution in [0.15, 0.2) is 47.4 Å². The van der Waals surface area contributed by atoms with Crippen LogP contribution in [0.4, 0.5) is 11.4 Å². The van der Waals surface area contributed by atoms with Crippen LogP contribution in [-0.2, 0) is 9.84 Å². The van der Waals surface area contributed by atoms with Crippen molar-refractivity contribution in [3.63, 3.8) is 0 Å². The Morgan fingerprint density at radius 2 is 1.81 bits per heavy atom.